The van der Waals surface area contributed by atoms with Crippen molar-refractivity contribution < 1.29 is 18.1 Å². The summed E-state index contributed by atoms with van der Waals surface area (Å²) in [6, 6.07) is 1.31. The maximum atomic E-state index is 12.1. The summed E-state index contributed by atoms with van der Waals surface area (Å²) >= 11 is 4.71. The summed E-state index contributed by atoms with van der Waals surface area (Å²) in [5.74, 6) is -0.0372. The molecule has 0 spiro atoms. The number of ether oxygens (including phenoxy) is 1. The van der Waals surface area contributed by atoms with E-state index in [-0.39, 0.29) is 16.9 Å². The van der Waals surface area contributed by atoms with Crippen LogP contribution in [-0.2, 0) is 11.4 Å². The number of nitrogens with one attached hydrogen (secondary N) is 1. The van der Waals surface area contributed by atoms with Gasteiger partial charge in [-0.25, -0.2) is 13.8 Å². The first-order valence-corrected chi connectivity index (χ1v) is 7.88. The van der Waals surface area contributed by atoms with E-state index in [1.807, 2.05) is 27.7 Å². The first-order chi connectivity index (χ1) is 9.61. The Balaban J connectivity index is 2.74. The van der Waals surface area contributed by atoms with Crippen LogP contribution in [0.4, 0.5) is 8.78 Å². The van der Waals surface area contributed by atoms with Crippen LogP contribution in [0.1, 0.15) is 39.3 Å². The summed E-state index contributed by atoms with van der Waals surface area (Å²) in [6.45, 7) is 6.63. The van der Waals surface area contributed by atoms with E-state index >= 15 is 0 Å². The molecule has 120 valence electrons. The van der Waals surface area contributed by atoms with Gasteiger partial charge in [0.2, 0.25) is 5.88 Å². The van der Waals surface area contributed by atoms with Crippen molar-refractivity contribution in [3.05, 3.63) is 22.8 Å². The maximum absolute atomic E-state index is 12.1. The standard InChI is InChI=1S/C13H19ClF2N2O2S/c1-8(18-21(19)13(2,3)4)9-5-10(14)12(17-6-9)20-7-11(15)16/h5-6,8,11,18H,7H2,1-4H3/t8-,21?/m1/s1. The summed E-state index contributed by atoms with van der Waals surface area (Å²) in [5.41, 5.74) is 0.696. The average Bonchev–Trinajstić information content (AvgIpc) is 2.35. The average molecular weight is 341 g/mol. The van der Waals surface area contributed by atoms with E-state index in [1.54, 1.807) is 6.07 Å². The zero-order valence-corrected chi connectivity index (χ0v) is 13.9. The van der Waals surface area contributed by atoms with E-state index < -0.39 is 29.1 Å². The van der Waals surface area contributed by atoms with Crippen molar-refractivity contribution in [1.82, 2.24) is 9.71 Å². The lowest BCUT2D eigenvalue weighted by atomic mass is 10.2. The fraction of sp³-hybridized carbons (Fsp3) is 0.615. The molecular formula is C13H19ClF2N2O2S. The Morgan fingerprint density at radius 2 is 2.10 bits per heavy atom. The molecule has 0 aromatic carbocycles. The van der Waals surface area contributed by atoms with Gasteiger partial charge in [-0.15, -0.1) is 4.72 Å². The molecule has 1 N–H and O–H groups in total. The molecule has 0 bridgehead atoms. The van der Waals surface area contributed by atoms with E-state index in [1.165, 1.54) is 6.20 Å². The number of halogens is 3. The van der Waals surface area contributed by atoms with Gasteiger partial charge in [0.25, 0.3) is 6.43 Å². The quantitative estimate of drug-likeness (QED) is 0.805. The number of aromatic nitrogens is 1. The van der Waals surface area contributed by atoms with Crippen molar-refractivity contribution in [2.45, 2.75) is 44.9 Å². The minimum atomic E-state index is -2.59. The molecule has 0 fully saturated rings. The SMILES string of the molecule is C[C@@H](N[S+]([O-])C(C)(C)C)c1cnc(OCC(F)F)c(Cl)c1. The monoisotopic (exact) mass is 340 g/mol. The Morgan fingerprint density at radius 3 is 2.57 bits per heavy atom. The third-order valence-electron chi connectivity index (χ3n) is 2.51. The van der Waals surface area contributed by atoms with Crippen molar-refractivity contribution in [3.8, 4) is 5.88 Å². The van der Waals surface area contributed by atoms with Crippen LogP contribution >= 0.6 is 11.6 Å². The molecule has 0 amide bonds. The van der Waals surface area contributed by atoms with Crippen LogP contribution < -0.4 is 9.46 Å². The van der Waals surface area contributed by atoms with E-state index in [9.17, 15) is 13.3 Å². The first-order valence-electron chi connectivity index (χ1n) is 6.35. The van der Waals surface area contributed by atoms with Crippen molar-refractivity contribution in [2.24, 2.45) is 0 Å². The second-order valence-corrected chi connectivity index (χ2v) is 7.88. The van der Waals surface area contributed by atoms with Gasteiger partial charge in [-0.2, -0.15) is 0 Å². The van der Waals surface area contributed by atoms with E-state index in [0.717, 1.165) is 0 Å². The lowest BCUT2D eigenvalue weighted by Gasteiger charge is -2.26. The Morgan fingerprint density at radius 1 is 1.48 bits per heavy atom. The van der Waals surface area contributed by atoms with Crippen molar-refractivity contribution in [2.75, 3.05) is 6.61 Å². The molecule has 1 heterocycles. The molecule has 0 saturated heterocycles. The van der Waals surface area contributed by atoms with Gasteiger partial charge in [0.15, 0.2) is 6.61 Å². The predicted molar refractivity (Wildman–Crippen MR) is 80.2 cm³/mol. The van der Waals surface area contributed by atoms with Crippen LogP contribution in [-0.4, -0.2) is 27.3 Å². The number of alkyl halides is 2. The van der Waals surface area contributed by atoms with Crippen LogP contribution in [0.2, 0.25) is 5.02 Å². The van der Waals surface area contributed by atoms with Crippen molar-refractivity contribution in [3.63, 3.8) is 0 Å². The highest BCUT2D eigenvalue weighted by atomic mass is 35.5. The van der Waals surface area contributed by atoms with Crippen LogP contribution in [0, 0.1) is 0 Å². The van der Waals surface area contributed by atoms with Crippen molar-refractivity contribution in [1.29, 1.82) is 0 Å². The van der Waals surface area contributed by atoms with Gasteiger partial charge in [-0.3, -0.25) is 0 Å². The molecule has 0 aliphatic heterocycles. The smallest absolute Gasteiger partial charge is 0.272 e. The lowest BCUT2D eigenvalue weighted by molar-refractivity contribution is 0.0796. The number of hydrogen-bond donors (Lipinski definition) is 1. The van der Waals surface area contributed by atoms with Crippen LogP contribution in [0.3, 0.4) is 0 Å². The van der Waals surface area contributed by atoms with E-state index in [0.29, 0.717) is 5.56 Å². The Hall–Kier alpha value is -0.630. The highest BCUT2D eigenvalue weighted by Gasteiger charge is 2.28. The normalized spacial score (nSPS) is 15.1. The van der Waals surface area contributed by atoms with Crippen LogP contribution in [0.5, 0.6) is 5.88 Å². The van der Waals surface area contributed by atoms with Crippen molar-refractivity contribution >= 4 is 23.0 Å². The summed E-state index contributed by atoms with van der Waals surface area (Å²) in [4.78, 5) is 3.91. The van der Waals surface area contributed by atoms with Gasteiger partial charge in [-0.1, -0.05) is 11.6 Å². The molecule has 0 radical (unpaired) electrons. The molecule has 8 heteroatoms. The fourth-order valence-corrected chi connectivity index (χ4v) is 2.37. The zero-order valence-electron chi connectivity index (χ0n) is 12.3. The number of pyridine rings is 1. The van der Waals surface area contributed by atoms with E-state index in [4.69, 9.17) is 16.3 Å². The second-order valence-electron chi connectivity index (χ2n) is 5.48. The Kier molecular flexibility index (Phi) is 6.65. The zero-order chi connectivity index (χ0) is 16.2. The number of hydrogen-bond acceptors (Lipinski definition) is 4. The summed E-state index contributed by atoms with van der Waals surface area (Å²) in [6.07, 6.45) is -1.12. The highest BCUT2D eigenvalue weighted by molar-refractivity contribution is 7.90. The molecule has 21 heavy (non-hydrogen) atoms. The molecule has 1 aromatic heterocycles. The minimum Gasteiger partial charge on any atom is -0.598 e. The third kappa shape index (κ3) is 5.94. The molecule has 2 atom stereocenters. The molecule has 0 saturated carbocycles. The summed E-state index contributed by atoms with van der Waals surface area (Å²) in [7, 11) is 0. The predicted octanol–water partition coefficient (Wildman–Crippen LogP) is 3.49. The molecule has 4 nitrogen and oxygen atoms in total. The van der Waals surface area contributed by atoms with Gasteiger partial charge in [0, 0.05) is 17.6 Å². The Bertz CT molecular complexity index is 472. The topological polar surface area (TPSA) is 57.2 Å². The first kappa shape index (κ1) is 18.4. The van der Waals surface area contributed by atoms with E-state index in [2.05, 4.69) is 9.71 Å². The highest BCUT2D eigenvalue weighted by Crippen LogP contribution is 2.26. The lowest BCUT2D eigenvalue weighted by Crippen LogP contribution is -2.40. The molecule has 0 aliphatic rings. The minimum absolute atomic E-state index is 0.0372. The number of nitrogens with zero attached hydrogens (tertiary/aromatic N) is 1. The largest absolute Gasteiger partial charge is 0.598 e. The van der Waals surface area contributed by atoms with Gasteiger partial charge in [-0.05, 0) is 39.3 Å². The summed E-state index contributed by atoms with van der Waals surface area (Å²) in [5, 5.41) is 0.142. The summed E-state index contributed by atoms with van der Waals surface area (Å²) < 4.78 is 43.5. The molecular weight excluding hydrogens is 322 g/mol. The van der Waals surface area contributed by atoms with Crippen LogP contribution in [0.25, 0.3) is 0 Å². The third-order valence-corrected chi connectivity index (χ3v) is 4.47. The Labute approximate surface area is 131 Å². The second kappa shape index (κ2) is 7.58. The molecule has 0 aliphatic carbocycles. The van der Waals surface area contributed by atoms with Gasteiger partial charge >= 0.3 is 0 Å². The number of rotatable bonds is 6. The molecule has 1 rings (SSSR count). The van der Waals surface area contributed by atoms with Gasteiger partial charge in [0.05, 0.1) is 6.04 Å². The van der Waals surface area contributed by atoms with Gasteiger partial charge in [0.1, 0.15) is 9.77 Å². The van der Waals surface area contributed by atoms with Gasteiger partial charge < -0.3 is 9.29 Å². The fourth-order valence-electron chi connectivity index (χ4n) is 1.33. The van der Waals surface area contributed by atoms with Crippen LogP contribution in [0.15, 0.2) is 12.3 Å². The molecule has 1 unspecified atom stereocenters. The molecule has 1 aromatic rings. The maximum Gasteiger partial charge on any atom is 0.272 e.